The number of ketones is 1. The van der Waals surface area contributed by atoms with E-state index >= 15 is 0 Å². The zero-order valence-corrected chi connectivity index (χ0v) is 10.6. The molecular weight excluding hydrogens is 214 g/mol. The molecule has 1 aromatic carbocycles. The van der Waals surface area contributed by atoms with Crippen LogP contribution in [0, 0.1) is 0 Å². The molecule has 1 aliphatic heterocycles. The van der Waals surface area contributed by atoms with Gasteiger partial charge < -0.3 is 10.0 Å². The lowest BCUT2D eigenvalue weighted by Crippen LogP contribution is -2.39. The lowest BCUT2D eigenvalue weighted by Gasteiger charge is -2.29. The van der Waals surface area contributed by atoms with Crippen molar-refractivity contribution in [3.05, 3.63) is 29.3 Å². The molecule has 0 aliphatic carbocycles. The minimum absolute atomic E-state index is 0.106. The minimum atomic E-state index is -0.353. The normalized spacial score (nSPS) is 17.8. The summed E-state index contributed by atoms with van der Waals surface area (Å²) in [5.41, 5.74) is 3.14. The standard InChI is InChI=1S/C14H19NO2/c1-9(10(2)16)15-7-6-13-8-12(11(3)17)4-5-14(13)15/h4-5,8-10,16H,6-7H2,1-3H3. The fourth-order valence-corrected chi connectivity index (χ4v) is 2.33. The number of aliphatic hydroxyl groups is 1. The first-order chi connectivity index (χ1) is 8.00. The third-order valence-corrected chi connectivity index (χ3v) is 3.61. The Morgan fingerprint density at radius 3 is 2.71 bits per heavy atom. The predicted molar refractivity (Wildman–Crippen MR) is 68.6 cm³/mol. The molecule has 3 nitrogen and oxygen atoms in total. The predicted octanol–water partition coefficient (Wildman–Crippen LogP) is 2.02. The molecule has 2 rings (SSSR count). The zero-order chi connectivity index (χ0) is 12.6. The molecule has 0 saturated heterocycles. The molecule has 17 heavy (non-hydrogen) atoms. The lowest BCUT2D eigenvalue weighted by atomic mass is 10.1. The average Bonchev–Trinajstić information content (AvgIpc) is 2.70. The largest absolute Gasteiger partial charge is 0.391 e. The number of hydrogen-bond acceptors (Lipinski definition) is 3. The van der Waals surface area contributed by atoms with Crippen molar-refractivity contribution in [1.82, 2.24) is 0 Å². The van der Waals surface area contributed by atoms with Gasteiger partial charge in [-0.1, -0.05) is 0 Å². The van der Waals surface area contributed by atoms with E-state index in [4.69, 9.17) is 0 Å². The van der Waals surface area contributed by atoms with E-state index in [2.05, 4.69) is 4.90 Å². The van der Waals surface area contributed by atoms with Gasteiger partial charge in [-0.2, -0.15) is 0 Å². The summed E-state index contributed by atoms with van der Waals surface area (Å²) in [4.78, 5) is 13.5. The molecule has 1 N–H and O–H groups in total. The van der Waals surface area contributed by atoms with Crippen LogP contribution < -0.4 is 4.90 Å². The van der Waals surface area contributed by atoms with Crippen LogP contribution in [0.3, 0.4) is 0 Å². The number of anilines is 1. The summed E-state index contributed by atoms with van der Waals surface area (Å²) in [6.07, 6.45) is 0.599. The molecule has 1 heterocycles. The number of carbonyl (C=O) groups excluding carboxylic acids is 1. The van der Waals surface area contributed by atoms with Crippen LogP contribution in [-0.2, 0) is 6.42 Å². The summed E-state index contributed by atoms with van der Waals surface area (Å²) in [6, 6.07) is 5.96. The Bertz CT molecular complexity index is 440. The van der Waals surface area contributed by atoms with Gasteiger partial charge in [0.25, 0.3) is 0 Å². The van der Waals surface area contributed by atoms with Crippen LogP contribution in [0.1, 0.15) is 36.7 Å². The maximum absolute atomic E-state index is 11.3. The highest BCUT2D eigenvalue weighted by molar-refractivity contribution is 5.94. The van der Waals surface area contributed by atoms with Crippen LogP contribution in [0.25, 0.3) is 0 Å². The van der Waals surface area contributed by atoms with Crippen molar-refractivity contribution in [2.24, 2.45) is 0 Å². The molecule has 2 unspecified atom stereocenters. The Morgan fingerprint density at radius 1 is 1.41 bits per heavy atom. The van der Waals surface area contributed by atoms with E-state index in [1.165, 1.54) is 5.56 Å². The van der Waals surface area contributed by atoms with Crippen molar-refractivity contribution < 1.29 is 9.90 Å². The van der Waals surface area contributed by atoms with Crippen molar-refractivity contribution in [1.29, 1.82) is 0 Å². The number of aliphatic hydroxyl groups excluding tert-OH is 1. The smallest absolute Gasteiger partial charge is 0.159 e. The Morgan fingerprint density at radius 2 is 2.12 bits per heavy atom. The molecule has 0 saturated carbocycles. The maximum atomic E-state index is 11.3. The van der Waals surface area contributed by atoms with Crippen molar-refractivity contribution in [3.63, 3.8) is 0 Å². The fourth-order valence-electron chi connectivity index (χ4n) is 2.33. The molecule has 0 radical (unpaired) electrons. The SMILES string of the molecule is CC(=O)c1ccc2c(c1)CCN2C(C)C(C)O. The zero-order valence-electron chi connectivity index (χ0n) is 10.6. The van der Waals surface area contributed by atoms with Gasteiger partial charge in [-0.05, 0) is 51.0 Å². The van der Waals surface area contributed by atoms with E-state index in [0.29, 0.717) is 0 Å². The minimum Gasteiger partial charge on any atom is -0.391 e. The summed E-state index contributed by atoms with van der Waals surface area (Å²) < 4.78 is 0. The first-order valence-electron chi connectivity index (χ1n) is 6.09. The van der Waals surface area contributed by atoms with Crippen LogP contribution in [0.4, 0.5) is 5.69 Å². The third-order valence-electron chi connectivity index (χ3n) is 3.61. The summed E-state index contributed by atoms with van der Waals surface area (Å²) in [7, 11) is 0. The van der Waals surface area contributed by atoms with Gasteiger partial charge in [-0.15, -0.1) is 0 Å². The number of nitrogens with zero attached hydrogens (tertiary/aromatic N) is 1. The quantitative estimate of drug-likeness (QED) is 0.812. The highest BCUT2D eigenvalue weighted by Gasteiger charge is 2.26. The van der Waals surface area contributed by atoms with E-state index < -0.39 is 0 Å². The number of fused-ring (bicyclic) bond motifs is 1. The molecule has 0 spiro atoms. The van der Waals surface area contributed by atoms with Gasteiger partial charge in [0, 0.05) is 17.8 Å². The third kappa shape index (κ3) is 2.20. The molecular formula is C14H19NO2. The number of hydrogen-bond donors (Lipinski definition) is 1. The number of rotatable bonds is 3. The summed E-state index contributed by atoms with van der Waals surface area (Å²) in [5, 5.41) is 9.65. The number of benzene rings is 1. The van der Waals surface area contributed by atoms with E-state index in [1.54, 1.807) is 6.92 Å². The van der Waals surface area contributed by atoms with E-state index in [-0.39, 0.29) is 17.9 Å². The fraction of sp³-hybridized carbons (Fsp3) is 0.500. The number of Topliss-reactive ketones (excluding diaryl/α,β-unsaturated/α-hetero) is 1. The highest BCUT2D eigenvalue weighted by Crippen LogP contribution is 2.31. The summed E-state index contributed by atoms with van der Waals surface area (Å²) in [6.45, 7) is 6.35. The highest BCUT2D eigenvalue weighted by atomic mass is 16.3. The van der Waals surface area contributed by atoms with Gasteiger partial charge in [0.2, 0.25) is 0 Å². The van der Waals surface area contributed by atoms with Crippen LogP contribution in [0.5, 0.6) is 0 Å². The monoisotopic (exact) mass is 233 g/mol. The lowest BCUT2D eigenvalue weighted by molar-refractivity contribution is 0.101. The Balaban J connectivity index is 2.31. The summed E-state index contributed by atoms with van der Waals surface area (Å²) in [5.74, 6) is 0.106. The molecule has 1 aliphatic rings. The molecule has 0 fully saturated rings. The van der Waals surface area contributed by atoms with Gasteiger partial charge in [-0.25, -0.2) is 0 Å². The molecule has 0 aromatic heterocycles. The van der Waals surface area contributed by atoms with Gasteiger partial charge in [0.05, 0.1) is 12.1 Å². The molecule has 0 bridgehead atoms. The Hall–Kier alpha value is -1.35. The molecule has 2 atom stereocenters. The van der Waals surface area contributed by atoms with Crippen molar-refractivity contribution in [2.45, 2.75) is 39.3 Å². The van der Waals surface area contributed by atoms with E-state index in [1.807, 2.05) is 32.0 Å². The maximum Gasteiger partial charge on any atom is 0.159 e. The first kappa shape index (κ1) is 12.1. The van der Waals surface area contributed by atoms with Crippen LogP contribution >= 0.6 is 0 Å². The van der Waals surface area contributed by atoms with Gasteiger partial charge in [-0.3, -0.25) is 4.79 Å². The van der Waals surface area contributed by atoms with Gasteiger partial charge >= 0.3 is 0 Å². The van der Waals surface area contributed by atoms with Gasteiger partial charge in [0.1, 0.15) is 0 Å². The molecule has 0 amide bonds. The van der Waals surface area contributed by atoms with E-state index in [9.17, 15) is 9.90 Å². The van der Waals surface area contributed by atoms with Crippen molar-refractivity contribution in [2.75, 3.05) is 11.4 Å². The molecule has 92 valence electrons. The van der Waals surface area contributed by atoms with Crippen LogP contribution in [-0.4, -0.2) is 29.6 Å². The Labute approximate surface area is 102 Å². The first-order valence-corrected chi connectivity index (χ1v) is 6.09. The van der Waals surface area contributed by atoms with E-state index in [0.717, 1.165) is 24.2 Å². The Kier molecular flexibility index (Phi) is 3.20. The second kappa shape index (κ2) is 4.49. The van der Waals surface area contributed by atoms with Crippen molar-refractivity contribution in [3.8, 4) is 0 Å². The average molecular weight is 233 g/mol. The second-order valence-electron chi connectivity index (χ2n) is 4.82. The number of carbonyl (C=O) groups is 1. The molecule has 1 aromatic rings. The van der Waals surface area contributed by atoms with Crippen molar-refractivity contribution >= 4 is 11.5 Å². The molecule has 3 heteroatoms. The summed E-state index contributed by atoms with van der Waals surface area (Å²) >= 11 is 0. The van der Waals surface area contributed by atoms with Gasteiger partial charge in [0.15, 0.2) is 5.78 Å². The topological polar surface area (TPSA) is 40.5 Å². The van der Waals surface area contributed by atoms with Crippen LogP contribution in [0.2, 0.25) is 0 Å². The second-order valence-corrected chi connectivity index (χ2v) is 4.82. The van der Waals surface area contributed by atoms with Crippen LogP contribution in [0.15, 0.2) is 18.2 Å².